The predicted octanol–water partition coefficient (Wildman–Crippen LogP) is 0.923. The van der Waals surface area contributed by atoms with Crippen LogP contribution < -0.4 is 11.1 Å². The van der Waals surface area contributed by atoms with Crippen molar-refractivity contribution in [2.45, 2.75) is 13.8 Å². The van der Waals surface area contributed by atoms with Gasteiger partial charge in [-0.1, -0.05) is 6.92 Å². The number of aryl methyl sites for hydroxylation is 1. The maximum atomic E-state index is 11.5. The molecule has 0 bridgehead atoms. The first kappa shape index (κ1) is 10.7. The average molecular weight is 193 g/mol. The number of hydrogen-bond acceptors (Lipinski definition) is 3. The molecular formula is C10H15N3O. The van der Waals surface area contributed by atoms with Crippen LogP contribution in [-0.2, 0) is 4.79 Å². The van der Waals surface area contributed by atoms with Crippen molar-refractivity contribution in [3.05, 3.63) is 24.0 Å². The van der Waals surface area contributed by atoms with E-state index in [9.17, 15) is 4.79 Å². The summed E-state index contributed by atoms with van der Waals surface area (Å²) in [4.78, 5) is 15.5. The Hall–Kier alpha value is -1.42. The molecular weight excluding hydrogens is 178 g/mol. The summed E-state index contributed by atoms with van der Waals surface area (Å²) in [7, 11) is 0. The highest BCUT2D eigenvalue weighted by atomic mass is 16.1. The molecule has 0 aliphatic heterocycles. The van der Waals surface area contributed by atoms with Gasteiger partial charge in [-0.15, -0.1) is 0 Å². The lowest BCUT2D eigenvalue weighted by molar-refractivity contribution is -0.119. The highest BCUT2D eigenvalue weighted by Gasteiger charge is 2.11. The second kappa shape index (κ2) is 4.72. The molecule has 0 spiro atoms. The Morgan fingerprint density at radius 1 is 1.71 bits per heavy atom. The van der Waals surface area contributed by atoms with Crippen LogP contribution in [0.25, 0.3) is 0 Å². The molecule has 1 amide bonds. The highest BCUT2D eigenvalue weighted by Crippen LogP contribution is 2.11. The lowest BCUT2D eigenvalue weighted by atomic mass is 10.1. The fourth-order valence-electron chi connectivity index (χ4n) is 0.979. The maximum absolute atomic E-state index is 11.5. The molecule has 0 aromatic carbocycles. The summed E-state index contributed by atoms with van der Waals surface area (Å²) in [5.74, 6) is -0.238. The van der Waals surface area contributed by atoms with E-state index in [1.54, 1.807) is 19.2 Å². The van der Waals surface area contributed by atoms with Crippen molar-refractivity contribution < 1.29 is 4.79 Å². The summed E-state index contributed by atoms with van der Waals surface area (Å²) in [6.45, 7) is 3.99. The summed E-state index contributed by atoms with van der Waals surface area (Å²) in [6.07, 6.45) is 1.69. The van der Waals surface area contributed by atoms with E-state index in [1.165, 1.54) is 0 Å². The molecule has 1 aromatic heterocycles. The molecule has 1 heterocycles. The summed E-state index contributed by atoms with van der Waals surface area (Å²) in [5, 5.41) is 2.78. The number of carbonyl (C=O) groups is 1. The third-order valence-electron chi connectivity index (χ3n) is 2.07. The monoisotopic (exact) mass is 193 g/mol. The number of rotatable bonds is 3. The van der Waals surface area contributed by atoms with Gasteiger partial charge >= 0.3 is 0 Å². The third kappa shape index (κ3) is 2.53. The van der Waals surface area contributed by atoms with E-state index in [2.05, 4.69) is 10.3 Å². The van der Waals surface area contributed by atoms with Gasteiger partial charge in [-0.2, -0.15) is 0 Å². The van der Waals surface area contributed by atoms with Crippen molar-refractivity contribution in [1.82, 2.24) is 4.98 Å². The number of pyridine rings is 1. The van der Waals surface area contributed by atoms with Gasteiger partial charge in [0.1, 0.15) is 0 Å². The SMILES string of the molecule is Cc1ncccc1NC(=O)C(C)CN. The number of amides is 1. The molecule has 4 nitrogen and oxygen atoms in total. The Labute approximate surface area is 83.5 Å². The smallest absolute Gasteiger partial charge is 0.228 e. The van der Waals surface area contributed by atoms with Gasteiger partial charge in [0, 0.05) is 18.7 Å². The second-order valence-corrected chi connectivity index (χ2v) is 3.26. The van der Waals surface area contributed by atoms with Crippen LogP contribution in [0.15, 0.2) is 18.3 Å². The van der Waals surface area contributed by atoms with Crippen LogP contribution in [-0.4, -0.2) is 17.4 Å². The van der Waals surface area contributed by atoms with E-state index in [-0.39, 0.29) is 11.8 Å². The quantitative estimate of drug-likeness (QED) is 0.750. The van der Waals surface area contributed by atoms with E-state index in [0.717, 1.165) is 11.4 Å². The fourth-order valence-corrected chi connectivity index (χ4v) is 0.979. The molecule has 0 aliphatic rings. The maximum Gasteiger partial charge on any atom is 0.228 e. The van der Waals surface area contributed by atoms with Crippen LogP contribution in [0.4, 0.5) is 5.69 Å². The van der Waals surface area contributed by atoms with Gasteiger partial charge in [0.25, 0.3) is 0 Å². The molecule has 0 saturated heterocycles. The molecule has 0 saturated carbocycles. The van der Waals surface area contributed by atoms with Gasteiger partial charge in [-0.25, -0.2) is 0 Å². The molecule has 1 aromatic rings. The molecule has 0 aliphatic carbocycles. The van der Waals surface area contributed by atoms with Crippen LogP contribution in [0, 0.1) is 12.8 Å². The lowest BCUT2D eigenvalue weighted by Gasteiger charge is -2.10. The topological polar surface area (TPSA) is 68.0 Å². The van der Waals surface area contributed by atoms with Gasteiger partial charge in [0.2, 0.25) is 5.91 Å². The Morgan fingerprint density at radius 2 is 2.43 bits per heavy atom. The van der Waals surface area contributed by atoms with E-state index in [1.807, 2.05) is 13.0 Å². The number of hydrogen-bond donors (Lipinski definition) is 2. The summed E-state index contributed by atoms with van der Waals surface area (Å²) in [6, 6.07) is 3.61. The van der Waals surface area contributed by atoms with Crippen LogP contribution >= 0.6 is 0 Å². The molecule has 1 unspecified atom stereocenters. The Balaban J connectivity index is 2.70. The van der Waals surface area contributed by atoms with Crippen molar-refractivity contribution in [2.75, 3.05) is 11.9 Å². The minimum absolute atomic E-state index is 0.0661. The van der Waals surface area contributed by atoms with Crippen molar-refractivity contribution in [1.29, 1.82) is 0 Å². The van der Waals surface area contributed by atoms with Gasteiger partial charge in [0.05, 0.1) is 11.4 Å². The van der Waals surface area contributed by atoms with Gasteiger partial charge in [0.15, 0.2) is 0 Å². The first-order chi connectivity index (χ1) is 6.65. The predicted molar refractivity (Wildman–Crippen MR) is 55.8 cm³/mol. The van der Waals surface area contributed by atoms with Gasteiger partial charge in [-0.05, 0) is 19.1 Å². The number of nitrogens with one attached hydrogen (secondary N) is 1. The van der Waals surface area contributed by atoms with Gasteiger partial charge in [-0.3, -0.25) is 9.78 Å². The van der Waals surface area contributed by atoms with Crippen LogP contribution in [0.2, 0.25) is 0 Å². The van der Waals surface area contributed by atoms with E-state index in [4.69, 9.17) is 5.73 Å². The van der Waals surface area contributed by atoms with Gasteiger partial charge < -0.3 is 11.1 Å². The first-order valence-corrected chi connectivity index (χ1v) is 4.57. The molecule has 0 radical (unpaired) electrons. The summed E-state index contributed by atoms with van der Waals surface area (Å²) in [5.41, 5.74) is 6.95. The van der Waals surface area contributed by atoms with Crippen molar-refractivity contribution >= 4 is 11.6 Å². The number of nitrogens with zero attached hydrogens (tertiary/aromatic N) is 1. The Morgan fingerprint density at radius 3 is 3.00 bits per heavy atom. The highest BCUT2D eigenvalue weighted by molar-refractivity contribution is 5.92. The number of anilines is 1. The minimum atomic E-state index is -0.172. The first-order valence-electron chi connectivity index (χ1n) is 4.57. The third-order valence-corrected chi connectivity index (χ3v) is 2.07. The van der Waals surface area contributed by atoms with E-state index in [0.29, 0.717) is 6.54 Å². The van der Waals surface area contributed by atoms with E-state index >= 15 is 0 Å². The molecule has 14 heavy (non-hydrogen) atoms. The largest absolute Gasteiger partial charge is 0.330 e. The standard InChI is InChI=1S/C10H15N3O/c1-7(6-11)10(14)13-9-4-3-5-12-8(9)2/h3-5,7H,6,11H2,1-2H3,(H,13,14). The zero-order valence-electron chi connectivity index (χ0n) is 8.45. The number of aromatic nitrogens is 1. The van der Waals surface area contributed by atoms with Crippen LogP contribution in [0.5, 0.6) is 0 Å². The van der Waals surface area contributed by atoms with Crippen molar-refractivity contribution in [2.24, 2.45) is 11.7 Å². The second-order valence-electron chi connectivity index (χ2n) is 3.26. The molecule has 4 heteroatoms. The summed E-state index contributed by atoms with van der Waals surface area (Å²) < 4.78 is 0. The molecule has 76 valence electrons. The van der Waals surface area contributed by atoms with Crippen LogP contribution in [0.3, 0.4) is 0 Å². The summed E-state index contributed by atoms with van der Waals surface area (Å²) >= 11 is 0. The lowest BCUT2D eigenvalue weighted by Crippen LogP contribution is -2.27. The minimum Gasteiger partial charge on any atom is -0.330 e. The zero-order valence-corrected chi connectivity index (χ0v) is 8.45. The molecule has 3 N–H and O–H groups in total. The van der Waals surface area contributed by atoms with Crippen LogP contribution in [0.1, 0.15) is 12.6 Å². The Bertz CT molecular complexity index is 325. The molecule has 0 fully saturated rings. The molecule has 1 rings (SSSR count). The normalized spacial score (nSPS) is 12.2. The number of nitrogens with two attached hydrogens (primary N) is 1. The number of carbonyl (C=O) groups excluding carboxylic acids is 1. The molecule has 1 atom stereocenters. The fraction of sp³-hybridized carbons (Fsp3) is 0.400. The van der Waals surface area contributed by atoms with Crippen molar-refractivity contribution in [3.8, 4) is 0 Å². The van der Waals surface area contributed by atoms with Crippen molar-refractivity contribution in [3.63, 3.8) is 0 Å². The Kier molecular flexibility index (Phi) is 3.59. The zero-order chi connectivity index (χ0) is 10.6. The van der Waals surface area contributed by atoms with E-state index < -0.39 is 0 Å². The average Bonchev–Trinajstić information content (AvgIpc) is 2.20.